The first-order valence-electron chi connectivity index (χ1n) is 8.01. The Bertz CT molecular complexity index is 404. The van der Waals surface area contributed by atoms with Gasteiger partial charge in [-0.3, -0.25) is 0 Å². The minimum Gasteiger partial charge on any atom is -0.389 e. The summed E-state index contributed by atoms with van der Waals surface area (Å²) in [6, 6.07) is 8.87. The van der Waals surface area contributed by atoms with Gasteiger partial charge in [0.05, 0.1) is 5.60 Å². The molecule has 2 rings (SSSR count). The van der Waals surface area contributed by atoms with Crippen LogP contribution in [-0.4, -0.2) is 36.2 Å². The molecule has 1 aliphatic carbocycles. The first-order chi connectivity index (χ1) is 9.55. The lowest BCUT2D eigenvalue weighted by Crippen LogP contribution is -2.42. The molecule has 0 aliphatic heterocycles. The molecule has 1 saturated carbocycles. The lowest BCUT2D eigenvalue weighted by molar-refractivity contribution is -0.0277. The number of rotatable bonds is 5. The van der Waals surface area contributed by atoms with Crippen molar-refractivity contribution in [1.29, 1.82) is 0 Å². The SMILES string of the molecule is CCc1ccc(C(CN(C)C)C2(O)CCCCC2)cc1. The van der Waals surface area contributed by atoms with Crippen molar-refractivity contribution < 1.29 is 5.11 Å². The molecule has 1 aromatic carbocycles. The van der Waals surface area contributed by atoms with Gasteiger partial charge in [0.1, 0.15) is 0 Å². The van der Waals surface area contributed by atoms with Crippen molar-refractivity contribution in [1.82, 2.24) is 4.90 Å². The van der Waals surface area contributed by atoms with Crippen LogP contribution in [0.1, 0.15) is 56.1 Å². The molecule has 1 aromatic rings. The molecule has 1 atom stereocenters. The van der Waals surface area contributed by atoms with E-state index in [2.05, 4.69) is 50.2 Å². The smallest absolute Gasteiger partial charge is 0.0728 e. The molecule has 0 radical (unpaired) electrons. The van der Waals surface area contributed by atoms with Crippen molar-refractivity contribution in [3.05, 3.63) is 35.4 Å². The summed E-state index contributed by atoms with van der Waals surface area (Å²) < 4.78 is 0. The standard InChI is InChI=1S/C18H29NO/c1-4-15-8-10-16(11-9-15)17(14-19(2)3)18(20)12-6-5-7-13-18/h8-11,17,20H,4-7,12-14H2,1-3H3. The van der Waals surface area contributed by atoms with Crippen LogP contribution in [0.3, 0.4) is 0 Å². The Morgan fingerprint density at radius 2 is 1.70 bits per heavy atom. The lowest BCUT2D eigenvalue weighted by Gasteiger charge is -2.41. The third kappa shape index (κ3) is 3.62. The van der Waals surface area contributed by atoms with Crippen molar-refractivity contribution in [2.75, 3.05) is 20.6 Å². The number of hydrogen-bond donors (Lipinski definition) is 1. The van der Waals surface area contributed by atoms with E-state index in [9.17, 15) is 5.11 Å². The predicted octanol–water partition coefficient (Wildman–Crippen LogP) is 3.59. The minimum atomic E-state index is -0.518. The highest BCUT2D eigenvalue weighted by atomic mass is 16.3. The molecule has 0 aromatic heterocycles. The summed E-state index contributed by atoms with van der Waals surface area (Å²) in [6.07, 6.45) is 6.55. The highest BCUT2D eigenvalue weighted by molar-refractivity contribution is 5.28. The van der Waals surface area contributed by atoms with Crippen LogP contribution in [-0.2, 0) is 6.42 Å². The Morgan fingerprint density at radius 3 is 2.20 bits per heavy atom. The average Bonchev–Trinajstić information content (AvgIpc) is 2.45. The van der Waals surface area contributed by atoms with E-state index < -0.39 is 5.60 Å². The molecule has 0 spiro atoms. The van der Waals surface area contributed by atoms with Crippen LogP contribution in [0.25, 0.3) is 0 Å². The summed E-state index contributed by atoms with van der Waals surface area (Å²) in [6.45, 7) is 3.10. The second kappa shape index (κ2) is 6.73. The fourth-order valence-electron chi connectivity index (χ4n) is 3.45. The Balaban J connectivity index is 2.25. The molecule has 0 amide bonds. The van der Waals surface area contributed by atoms with E-state index in [4.69, 9.17) is 0 Å². The zero-order valence-corrected chi connectivity index (χ0v) is 13.2. The molecule has 0 heterocycles. The number of hydrogen-bond acceptors (Lipinski definition) is 2. The second-order valence-electron chi connectivity index (χ2n) is 6.57. The summed E-state index contributed by atoms with van der Waals surface area (Å²) in [7, 11) is 4.19. The Hall–Kier alpha value is -0.860. The van der Waals surface area contributed by atoms with Crippen LogP contribution in [0.15, 0.2) is 24.3 Å². The molecular weight excluding hydrogens is 246 g/mol. The van der Waals surface area contributed by atoms with Crippen LogP contribution >= 0.6 is 0 Å². The molecule has 2 nitrogen and oxygen atoms in total. The second-order valence-corrected chi connectivity index (χ2v) is 6.57. The van der Waals surface area contributed by atoms with E-state index in [1.54, 1.807) is 0 Å². The fourth-order valence-corrected chi connectivity index (χ4v) is 3.45. The van der Waals surface area contributed by atoms with Gasteiger partial charge in [0.25, 0.3) is 0 Å². The molecule has 1 fully saturated rings. The predicted molar refractivity (Wildman–Crippen MR) is 85.1 cm³/mol. The highest BCUT2D eigenvalue weighted by Gasteiger charge is 2.38. The van der Waals surface area contributed by atoms with Crippen LogP contribution in [0.5, 0.6) is 0 Å². The van der Waals surface area contributed by atoms with Gasteiger partial charge in [-0.1, -0.05) is 50.5 Å². The molecule has 2 heteroatoms. The van der Waals surface area contributed by atoms with Gasteiger partial charge in [0, 0.05) is 12.5 Å². The summed E-state index contributed by atoms with van der Waals surface area (Å²) in [5, 5.41) is 11.1. The number of nitrogens with zero attached hydrogens (tertiary/aromatic N) is 1. The third-order valence-corrected chi connectivity index (χ3v) is 4.71. The van der Waals surface area contributed by atoms with E-state index in [0.717, 1.165) is 38.6 Å². The van der Waals surface area contributed by atoms with Gasteiger partial charge >= 0.3 is 0 Å². The zero-order valence-electron chi connectivity index (χ0n) is 13.2. The molecule has 1 N–H and O–H groups in total. The Morgan fingerprint density at radius 1 is 1.10 bits per heavy atom. The Kier molecular flexibility index (Phi) is 5.22. The monoisotopic (exact) mass is 275 g/mol. The molecule has 20 heavy (non-hydrogen) atoms. The van der Waals surface area contributed by atoms with E-state index in [1.807, 2.05) is 0 Å². The number of benzene rings is 1. The fraction of sp³-hybridized carbons (Fsp3) is 0.667. The van der Waals surface area contributed by atoms with Gasteiger partial charge in [0.2, 0.25) is 0 Å². The van der Waals surface area contributed by atoms with Gasteiger partial charge in [0.15, 0.2) is 0 Å². The molecule has 1 aliphatic rings. The maximum atomic E-state index is 11.1. The third-order valence-electron chi connectivity index (χ3n) is 4.71. The molecule has 1 unspecified atom stereocenters. The maximum Gasteiger partial charge on any atom is 0.0728 e. The van der Waals surface area contributed by atoms with E-state index >= 15 is 0 Å². The number of aliphatic hydroxyl groups is 1. The van der Waals surface area contributed by atoms with Crippen molar-refractivity contribution >= 4 is 0 Å². The topological polar surface area (TPSA) is 23.5 Å². The van der Waals surface area contributed by atoms with Gasteiger partial charge < -0.3 is 10.0 Å². The van der Waals surface area contributed by atoms with Gasteiger partial charge in [-0.15, -0.1) is 0 Å². The van der Waals surface area contributed by atoms with Gasteiger partial charge in [-0.05, 0) is 44.5 Å². The normalized spacial score (nSPS) is 20.1. The van der Waals surface area contributed by atoms with E-state index in [0.29, 0.717) is 0 Å². The summed E-state index contributed by atoms with van der Waals surface area (Å²) >= 11 is 0. The van der Waals surface area contributed by atoms with Crippen molar-refractivity contribution in [3.63, 3.8) is 0 Å². The quantitative estimate of drug-likeness (QED) is 0.887. The van der Waals surface area contributed by atoms with Crippen LogP contribution in [0, 0.1) is 0 Å². The highest BCUT2D eigenvalue weighted by Crippen LogP contribution is 2.40. The van der Waals surface area contributed by atoms with E-state index in [1.165, 1.54) is 17.5 Å². The zero-order chi connectivity index (χ0) is 14.6. The molecule has 112 valence electrons. The van der Waals surface area contributed by atoms with Crippen LogP contribution < -0.4 is 0 Å². The van der Waals surface area contributed by atoms with Crippen LogP contribution in [0.2, 0.25) is 0 Å². The van der Waals surface area contributed by atoms with Gasteiger partial charge in [-0.2, -0.15) is 0 Å². The van der Waals surface area contributed by atoms with Crippen molar-refractivity contribution in [2.24, 2.45) is 0 Å². The molecule has 0 bridgehead atoms. The maximum absolute atomic E-state index is 11.1. The molecule has 0 saturated heterocycles. The summed E-state index contributed by atoms with van der Waals surface area (Å²) in [5.41, 5.74) is 2.14. The lowest BCUT2D eigenvalue weighted by atomic mass is 9.72. The summed E-state index contributed by atoms with van der Waals surface area (Å²) in [5.74, 6) is 0.226. The first kappa shape index (κ1) is 15.5. The van der Waals surface area contributed by atoms with Gasteiger partial charge in [-0.25, -0.2) is 0 Å². The molecular formula is C18H29NO. The van der Waals surface area contributed by atoms with Crippen molar-refractivity contribution in [2.45, 2.75) is 57.0 Å². The number of likely N-dealkylation sites (N-methyl/N-ethyl adjacent to an activating group) is 1. The Labute approximate surface area is 123 Å². The van der Waals surface area contributed by atoms with Crippen LogP contribution in [0.4, 0.5) is 0 Å². The average molecular weight is 275 g/mol. The minimum absolute atomic E-state index is 0.226. The first-order valence-corrected chi connectivity index (χ1v) is 8.01. The van der Waals surface area contributed by atoms with Crippen molar-refractivity contribution in [3.8, 4) is 0 Å². The van der Waals surface area contributed by atoms with E-state index in [-0.39, 0.29) is 5.92 Å². The number of aryl methyl sites for hydroxylation is 1. The summed E-state index contributed by atoms with van der Waals surface area (Å²) in [4.78, 5) is 2.20. The largest absolute Gasteiger partial charge is 0.389 e.